The van der Waals surface area contributed by atoms with Crippen molar-refractivity contribution in [3.05, 3.63) is 25.4 Å². The predicted molar refractivity (Wildman–Crippen MR) is 66.1 cm³/mol. The van der Waals surface area contributed by atoms with Crippen molar-refractivity contribution in [2.24, 2.45) is 0 Å². The summed E-state index contributed by atoms with van der Waals surface area (Å²) in [6.45, 7) is -0.425. The van der Waals surface area contributed by atoms with E-state index in [4.69, 9.17) is 21.8 Å². The fourth-order valence-electron chi connectivity index (χ4n) is 1.30. The summed E-state index contributed by atoms with van der Waals surface area (Å²) >= 11 is 6.45. The Morgan fingerprint density at radius 1 is 1.44 bits per heavy atom. The van der Waals surface area contributed by atoms with E-state index in [-0.39, 0.29) is 41.2 Å². The fraction of sp³-hybridized carbons (Fsp3) is 0.444. The number of thiophene rings is 1. The maximum Gasteiger partial charge on any atom is 0.299 e. The number of carbonyl (C=O) groups excluding carboxylic acids is 1. The van der Waals surface area contributed by atoms with Gasteiger partial charge in [-0.05, 0) is 0 Å². The van der Waals surface area contributed by atoms with Crippen molar-refractivity contribution < 1.29 is 19.9 Å². The summed E-state index contributed by atoms with van der Waals surface area (Å²) in [7, 11) is 0. The van der Waals surface area contributed by atoms with Gasteiger partial charge < -0.3 is 15.1 Å². The Balaban J connectivity index is 2.94. The monoisotopic (exact) mass is 294 g/mol. The molecule has 0 bridgehead atoms. The van der Waals surface area contributed by atoms with Crippen LogP contribution in [0.2, 0.25) is 4.34 Å². The molecule has 7 nitrogen and oxygen atoms in total. The van der Waals surface area contributed by atoms with E-state index in [0.717, 1.165) is 17.4 Å². The van der Waals surface area contributed by atoms with Crippen molar-refractivity contribution >= 4 is 34.5 Å². The predicted octanol–water partition coefficient (Wildman–Crippen LogP) is 0.736. The summed E-state index contributed by atoms with van der Waals surface area (Å²) in [6, 6.07) is 1.09. The SMILES string of the molecule is O=C(c1cc([N+](=O)[O-])c(Cl)s1)N(CCO)CCO. The highest BCUT2D eigenvalue weighted by Gasteiger charge is 2.24. The van der Waals surface area contributed by atoms with Gasteiger partial charge in [0.1, 0.15) is 4.88 Å². The first kappa shape index (κ1) is 14.8. The summed E-state index contributed by atoms with van der Waals surface area (Å²) in [4.78, 5) is 23.2. The topological polar surface area (TPSA) is 104 Å². The zero-order valence-electron chi connectivity index (χ0n) is 9.21. The van der Waals surface area contributed by atoms with Gasteiger partial charge in [-0.2, -0.15) is 0 Å². The third kappa shape index (κ3) is 3.39. The largest absolute Gasteiger partial charge is 0.395 e. The standard InChI is InChI=1S/C9H11ClN2O5S/c10-8-6(12(16)17)5-7(18-8)9(15)11(1-3-13)2-4-14/h5,13-14H,1-4H2. The van der Waals surface area contributed by atoms with Crippen LogP contribution in [0.1, 0.15) is 9.67 Å². The Hall–Kier alpha value is -1.22. The number of aliphatic hydroxyl groups excluding tert-OH is 2. The highest BCUT2D eigenvalue weighted by atomic mass is 35.5. The number of halogens is 1. The number of aliphatic hydroxyl groups is 2. The highest BCUT2D eigenvalue weighted by Crippen LogP contribution is 2.34. The van der Waals surface area contributed by atoms with E-state index >= 15 is 0 Å². The van der Waals surface area contributed by atoms with Gasteiger partial charge in [0.15, 0.2) is 4.34 Å². The second-order valence-electron chi connectivity index (χ2n) is 3.27. The van der Waals surface area contributed by atoms with E-state index in [9.17, 15) is 14.9 Å². The van der Waals surface area contributed by atoms with Crippen LogP contribution in [-0.4, -0.2) is 52.2 Å². The lowest BCUT2D eigenvalue weighted by Crippen LogP contribution is -2.35. The summed E-state index contributed by atoms with van der Waals surface area (Å²) in [6.07, 6.45) is 0. The van der Waals surface area contributed by atoms with Crippen molar-refractivity contribution in [3.63, 3.8) is 0 Å². The number of hydrogen-bond donors (Lipinski definition) is 2. The minimum absolute atomic E-state index is 0.0444. The molecule has 1 aromatic heterocycles. The summed E-state index contributed by atoms with van der Waals surface area (Å²) in [5, 5.41) is 28.2. The zero-order valence-corrected chi connectivity index (χ0v) is 10.8. The minimum Gasteiger partial charge on any atom is -0.395 e. The molecule has 0 saturated carbocycles. The van der Waals surface area contributed by atoms with Crippen molar-refractivity contribution in [3.8, 4) is 0 Å². The Labute approximate surface area is 111 Å². The molecular formula is C9H11ClN2O5S. The van der Waals surface area contributed by atoms with Gasteiger partial charge in [-0.15, -0.1) is 11.3 Å². The number of nitro groups is 1. The molecule has 0 aromatic carbocycles. The number of hydrogen-bond acceptors (Lipinski definition) is 6. The van der Waals surface area contributed by atoms with Gasteiger partial charge >= 0.3 is 0 Å². The van der Waals surface area contributed by atoms with Crippen molar-refractivity contribution in [2.75, 3.05) is 26.3 Å². The molecule has 1 heterocycles. The van der Waals surface area contributed by atoms with Crippen LogP contribution in [-0.2, 0) is 0 Å². The van der Waals surface area contributed by atoms with E-state index in [2.05, 4.69) is 0 Å². The lowest BCUT2D eigenvalue weighted by Gasteiger charge is -2.19. The van der Waals surface area contributed by atoms with Crippen LogP contribution in [0.3, 0.4) is 0 Å². The quantitative estimate of drug-likeness (QED) is 0.595. The molecule has 100 valence electrons. The summed E-state index contributed by atoms with van der Waals surface area (Å²) in [5.74, 6) is -0.502. The zero-order chi connectivity index (χ0) is 13.7. The minimum atomic E-state index is -0.669. The number of nitrogens with zero attached hydrogens (tertiary/aromatic N) is 2. The molecule has 0 unspecified atom stereocenters. The molecule has 0 atom stereocenters. The van der Waals surface area contributed by atoms with Gasteiger partial charge in [-0.3, -0.25) is 14.9 Å². The average molecular weight is 295 g/mol. The third-order valence-corrected chi connectivity index (χ3v) is 3.43. The second-order valence-corrected chi connectivity index (χ2v) is 4.92. The van der Waals surface area contributed by atoms with Crippen molar-refractivity contribution in [1.82, 2.24) is 4.90 Å². The number of rotatable bonds is 6. The first-order valence-corrected chi connectivity index (χ1v) is 6.15. The first-order chi connectivity index (χ1) is 8.51. The molecule has 18 heavy (non-hydrogen) atoms. The molecule has 0 aliphatic heterocycles. The summed E-state index contributed by atoms with van der Waals surface area (Å²) in [5.41, 5.74) is -0.321. The lowest BCUT2D eigenvalue weighted by molar-refractivity contribution is -0.384. The van der Waals surface area contributed by atoms with Gasteiger partial charge in [0.05, 0.1) is 18.1 Å². The molecule has 1 rings (SSSR count). The fourth-order valence-corrected chi connectivity index (χ4v) is 2.49. The molecular weight excluding hydrogens is 284 g/mol. The molecule has 0 spiro atoms. The molecule has 0 radical (unpaired) electrons. The van der Waals surface area contributed by atoms with Crippen LogP contribution in [0.15, 0.2) is 6.07 Å². The summed E-state index contributed by atoms with van der Waals surface area (Å²) < 4.78 is -0.0729. The van der Waals surface area contributed by atoms with Crippen LogP contribution in [0.5, 0.6) is 0 Å². The molecule has 1 aromatic rings. The molecule has 9 heteroatoms. The lowest BCUT2D eigenvalue weighted by atomic mass is 10.3. The Morgan fingerprint density at radius 3 is 2.39 bits per heavy atom. The molecule has 0 aliphatic carbocycles. The number of carbonyl (C=O) groups is 1. The van der Waals surface area contributed by atoms with E-state index in [1.54, 1.807) is 0 Å². The second kappa shape index (κ2) is 6.64. The van der Waals surface area contributed by atoms with Crippen LogP contribution < -0.4 is 0 Å². The van der Waals surface area contributed by atoms with Crippen molar-refractivity contribution in [2.45, 2.75) is 0 Å². The van der Waals surface area contributed by atoms with Gasteiger partial charge in [-0.1, -0.05) is 11.6 Å². The maximum atomic E-state index is 11.9. The first-order valence-electron chi connectivity index (χ1n) is 4.96. The Kier molecular flexibility index (Phi) is 5.48. The van der Waals surface area contributed by atoms with Crippen LogP contribution in [0, 0.1) is 10.1 Å². The molecule has 0 fully saturated rings. The van der Waals surface area contributed by atoms with Gasteiger partial charge in [0, 0.05) is 19.2 Å². The molecule has 1 amide bonds. The molecule has 2 N–H and O–H groups in total. The van der Waals surface area contributed by atoms with Crippen LogP contribution in [0.4, 0.5) is 5.69 Å². The highest BCUT2D eigenvalue weighted by molar-refractivity contribution is 7.18. The van der Waals surface area contributed by atoms with Crippen LogP contribution in [0.25, 0.3) is 0 Å². The van der Waals surface area contributed by atoms with E-state index < -0.39 is 10.8 Å². The Bertz CT molecular complexity index is 444. The van der Waals surface area contributed by atoms with E-state index in [1.165, 1.54) is 4.90 Å². The smallest absolute Gasteiger partial charge is 0.299 e. The van der Waals surface area contributed by atoms with Gasteiger partial charge in [0.2, 0.25) is 0 Å². The molecule has 0 aliphatic rings. The van der Waals surface area contributed by atoms with Crippen LogP contribution >= 0.6 is 22.9 Å². The molecule has 0 saturated heterocycles. The van der Waals surface area contributed by atoms with E-state index in [0.29, 0.717) is 0 Å². The number of amides is 1. The Morgan fingerprint density at radius 2 is 2.00 bits per heavy atom. The average Bonchev–Trinajstić information content (AvgIpc) is 2.70. The normalized spacial score (nSPS) is 10.4. The van der Waals surface area contributed by atoms with Crippen molar-refractivity contribution in [1.29, 1.82) is 0 Å². The van der Waals surface area contributed by atoms with Gasteiger partial charge in [-0.25, -0.2) is 0 Å². The maximum absolute atomic E-state index is 11.9. The van der Waals surface area contributed by atoms with E-state index in [1.807, 2.05) is 0 Å². The third-order valence-electron chi connectivity index (χ3n) is 2.10. The van der Waals surface area contributed by atoms with Gasteiger partial charge in [0.25, 0.3) is 11.6 Å².